The van der Waals surface area contributed by atoms with Crippen molar-refractivity contribution in [3.8, 4) is 0 Å². The third-order valence-electron chi connectivity index (χ3n) is 5.32. The van der Waals surface area contributed by atoms with Gasteiger partial charge in [-0.3, -0.25) is 0 Å². The quantitative estimate of drug-likeness (QED) is 0.849. The van der Waals surface area contributed by atoms with Crippen LogP contribution in [0.25, 0.3) is 0 Å². The molecule has 1 fully saturated rings. The number of rotatable bonds is 3. The van der Waals surface area contributed by atoms with Crippen LogP contribution in [0.2, 0.25) is 0 Å². The zero-order valence-corrected chi connectivity index (χ0v) is 15.2. The number of nitrogens with zero attached hydrogens (tertiary/aromatic N) is 2. The largest absolute Gasteiger partial charge is 0.369 e. The van der Waals surface area contributed by atoms with Crippen LogP contribution in [0, 0.1) is 0 Å². The number of anilines is 1. The molecule has 1 heterocycles. The van der Waals surface area contributed by atoms with Gasteiger partial charge in [0.05, 0.1) is 4.90 Å². The first-order valence-corrected chi connectivity index (χ1v) is 10.5. The van der Waals surface area contributed by atoms with Crippen LogP contribution in [0.4, 0.5) is 5.69 Å². The number of aryl methyl sites for hydroxylation is 2. The van der Waals surface area contributed by atoms with Gasteiger partial charge in [0, 0.05) is 31.9 Å². The average molecular weight is 356 g/mol. The highest BCUT2D eigenvalue weighted by molar-refractivity contribution is 7.89. The van der Waals surface area contributed by atoms with E-state index in [0.717, 1.165) is 38.0 Å². The first-order chi connectivity index (χ1) is 12.1. The van der Waals surface area contributed by atoms with Crippen molar-refractivity contribution in [3.63, 3.8) is 0 Å². The predicted octanol–water partition coefficient (Wildman–Crippen LogP) is 3.08. The monoisotopic (exact) mass is 356 g/mol. The Hall–Kier alpha value is -1.85. The van der Waals surface area contributed by atoms with Crippen LogP contribution >= 0.6 is 0 Å². The van der Waals surface area contributed by atoms with Crippen LogP contribution in [0.1, 0.15) is 24.0 Å². The molecule has 1 aliphatic carbocycles. The lowest BCUT2D eigenvalue weighted by atomic mass is 9.92. The second-order valence-corrected chi connectivity index (χ2v) is 8.80. The molecule has 0 amide bonds. The van der Waals surface area contributed by atoms with Gasteiger partial charge in [-0.25, -0.2) is 8.42 Å². The maximum Gasteiger partial charge on any atom is 0.243 e. The highest BCUT2D eigenvalue weighted by Gasteiger charge is 2.29. The summed E-state index contributed by atoms with van der Waals surface area (Å²) in [7, 11) is -3.39. The molecule has 0 aromatic heterocycles. The van der Waals surface area contributed by atoms with Crippen molar-refractivity contribution in [2.24, 2.45) is 0 Å². The molecule has 1 saturated heterocycles. The van der Waals surface area contributed by atoms with Crippen molar-refractivity contribution in [2.75, 3.05) is 31.1 Å². The predicted molar refractivity (Wildman–Crippen MR) is 100 cm³/mol. The van der Waals surface area contributed by atoms with E-state index < -0.39 is 10.0 Å². The van der Waals surface area contributed by atoms with Crippen LogP contribution < -0.4 is 4.90 Å². The molecule has 0 N–H and O–H groups in total. The molecule has 0 bridgehead atoms. The molecule has 25 heavy (non-hydrogen) atoms. The second-order valence-electron chi connectivity index (χ2n) is 6.86. The highest BCUT2D eigenvalue weighted by atomic mass is 32.2. The Morgan fingerprint density at radius 2 is 1.44 bits per heavy atom. The number of hydrogen-bond acceptors (Lipinski definition) is 3. The fraction of sp³-hybridized carbons (Fsp3) is 0.400. The van der Waals surface area contributed by atoms with E-state index in [2.05, 4.69) is 17.0 Å². The van der Waals surface area contributed by atoms with Crippen molar-refractivity contribution in [2.45, 2.75) is 30.6 Å². The van der Waals surface area contributed by atoms with E-state index in [1.54, 1.807) is 10.4 Å². The van der Waals surface area contributed by atoms with Crippen LogP contribution in [0.5, 0.6) is 0 Å². The Morgan fingerprint density at radius 3 is 2.16 bits per heavy atom. The minimum Gasteiger partial charge on any atom is -0.369 e. The molecule has 1 aliphatic heterocycles. The summed E-state index contributed by atoms with van der Waals surface area (Å²) < 4.78 is 27.7. The smallest absolute Gasteiger partial charge is 0.243 e. The number of para-hydroxylation sites is 1. The molecule has 0 atom stereocenters. The van der Waals surface area contributed by atoms with E-state index in [-0.39, 0.29) is 0 Å². The topological polar surface area (TPSA) is 40.6 Å². The van der Waals surface area contributed by atoms with E-state index in [0.29, 0.717) is 18.0 Å². The normalized spacial score (nSPS) is 18.8. The summed E-state index contributed by atoms with van der Waals surface area (Å²) in [6, 6.07) is 15.9. The van der Waals surface area contributed by atoms with Gasteiger partial charge in [-0.15, -0.1) is 0 Å². The number of hydrogen-bond donors (Lipinski definition) is 0. The number of piperazine rings is 1. The van der Waals surface area contributed by atoms with Gasteiger partial charge in [-0.1, -0.05) is 24.3 Å². The lowest BCUT2D eigenvalue weighted by molar-refractivity contribution is 0.385. The Bertz CT molecular complexity index is 841. The molecule has 0 spiro atoms. The molecule has 4 rings (SSSR count). The van der Waals surface area contributed by atoms with Gasteiger partial charge in [-0.2, -0.15) is 4.31 Å². The first kappa shape index (κ1) is 16.6. The second kappa shape index (κ2) is 6.81. The van der Waals surface area contributed by atoms with Crippen LogP contribution in [0.3, 0.4) is 0 Å². The van der Waals surface area contributed by atoms with Gasteiger partial charge in [0.25, 0.3) is 0 Å². The molecule has 0 radical (unpaired) electrons. The molecular weight excluding hydrogens is 332 g/mol. The maximum atomic E-state index is 13.0. The molecule has 132 valence electrons. The van der Waals surface area contributed by atoms with E-state index in [9.17, 15) is 8.42 Å². The van der Waals surface area contributed by atoms with Gasteiger partial charge in [0.2, 0.25) is 10.0 Å². The standard InChI is InChI=1S/C20H24N2O2S/c23-25(24,20-11-10-17-6-4-5-7-18(17)16-20)22-14-12-21(13-15-22)19-8-2-1-3-9-19/h1-3,8-11,16H,4-7,12-15H2. The zero-order valence-electron chi connectivity index (χ0n) is 14.4. The Balaban J connectivity index is 1.50. The lowest BCUT2D eigenvalue weighted by Crippen LogP contribution is -2.48. The molecule has 0 unspecified atom stereocenters. The van der Waals surface area contributed by atoms with E-state index in [1.807, 2.05) is 30.3 Å². The van der Waals surface area contributed by atoms with E-state index >= 15 is 0 Å². The lowest BCUT2D eigenvalue weighted by Gasteiger charge is -2.35. The molecule has 2 aliphatic rings. The van der Waals surface area contributed by atoms with Crippen molar-refractivity contribution >= 4 is 15.7 Å². The molecule has 2 aromatic rings. The van der Waals surface area contributed by atoms with Crippen molar-refractivity contribution < 1.29 is 8.42 Å². The minimum atomic E-state index is -3.39. The summed E-state index contributed by atoms with van der Waals surface area (Å²) in [4.78, 5) is 2.71. The molecule has 5 heteroatoms. The summed E-state index contributed by atoms with van der Waals surface area (Å²) >= 11 is 0. The third kappa shape index (κ3) is 3.31. The van der Waals surface area contributed by atoms with Gasteiger partial charge >= 0.3 is 0 Å². The highest BCUT2D eigenvalue weighted by Crippen LogP contribution is 2.26. The van der Waals surface area contributed by atoms with Gasteiger partial charge in [-0.05, 0) is 61.1 Å². The summed E-state index contributed by atoms with van der Waals surface area (Å²) in [6.07, 6.45) is 4.44. The molecule has 4 nitrogen and oxygen atoms in total. The Kier molecular flexibility index (Phi) is 4.52. The van der Waals surface area contributed by atoms with Crippen LogP contribution in [0.15, 0.2) is 53.4 Å². The molecule has 2 aromatic carbocycles. The van der Waals surface area contributed by atoms with Gasteiger partial charge < -0.3 is 4.90 Å². The average Bonchev–Trinajstić information content (AvgIpc) is 2.68. The summed E-state index contributed by atoms with van der Waals surface area (Å²) in [5, 5.41) is 0. The summed E-state index contributed by atoms with van der Waals surface area (Å²) in [5.74, 6) is 0. The SMILES string of the molecule is O=S(=O)(c1ccc2c(c1)CCCC2)N1CCN(c2ccccc2)CC1. The van der Waals surface area contributed by atoms with Gasteiger partial charge in [0.1, 0.15) is 0 Å². The van der Waals surface area contributed by atoms with Crippen molar-refractivity contribution in [1.29, 1.82) is 0 Å². The number of fused-ring (bicyclic) bond motifs is 1. The fourth-order valence-corrected chi connectivity index (χ4v) is 5.32. The fourth-order valence-electron chi connectivity index (χ4n) is 3.84. The van der Waals surface area contributed by atoms with Gasteiger partial charge in [0.15, 0.2) is 0 Å². The summed E-state index contributed by atoms with van der Waals surface area (Å²) in [5.41, 5.74) is 3.70. The Labute approximate surface area is 150 Å². The minimum absolute atomic E-state index is 0.460. The van der Waals surface area contributed by atoms with Crippen LogP contribution in [-0.2, 0) is 22.9 Å². The zero-order chi connectivity index (χ0) is 17.3. The maximum absolute atomic E-state index is 13.0. The Morgan fingerprint density at radius 1 is 0.760 bits per heavy atom. The van der Waals surface area contributed by atoms with Crippen LogP contribution in [-0.4, -0.2) is 38.9 Å². The third-order valence-corrected chi connectivity index (χ3v) is 7.21. The summed E-state index contributed by atoms with van der Waals surface area (Å²) in [6.45, 7) is 2.53. The van der Waals surface area contributed by atoms with Crippen molar-refractivity contribution in [1.82, 2.24) is 4.31 Å². The number of sulfonamides is 1. The van der Waals surface area contributed by atoms with E-state index in [1.165, 1.54) is 17.5 Å². The first-order valence-electron chi connectivity index (χ1n) is 9.06. The van der Waals surface area contributed by atoms with E-state index in [4.69, 9.17) is 0 Å². The number of benzene rings is 2. The molecular formula is C20H24N2O2S. The molecule has 0 saturated carbocycles. The van der Waals surface area contributed by atoms with Crippen molar-refractivity contribution in [3.05, 3.63) is 59.7 Å².